The van der Waals surface area contributed by atoms with E-state index < -0.39 is 0 Å². The summed E-state index contributed by atoms with van der Waals surface area (Å²) in [4.78, 5) is 17.1. The van der Waals surface area contributed by atoms with Gasteiger partial charge in [0.15, 0.2) is 0 Å². The minimum atomic E-state index is 0.126. The number of hydrogen-bond acceptors (Lipinski definition) is 4. The molecule has 5 nitrogen and oxygen atoms in total. The fourth-order valence-electron chi connectivity index (χ4n) is 4.00. The van der Waals surface area contributed by atoms with Crippen molar-refractivity contribution in [1.82, 2.24) is 9.80 Å². The predicted octanol–water partition coefficient (Wildman–Crippen LogP) is 3.34. The van der Waals surface area contributed by atoms with Crippen LogP contribution in [0.1, 0.15) is 31.1 Å². The maximum absolute atomic E-state index is 12.8. The molecule has 4 rings (SSSR count). The maximum Gasteiger partial charge on any atom is 0.226 e. The second-order valence-electron chi connectivity index (χ2n) is 7.57. The number of para-hydroxylation sites is 1. The Morgan fingerprint density at radius 3 is 2.63 bits per heavy atom. The van der Waals surface area contributed by atoms with E-state index in [9.17, 15) is 4.79 Å². The third-order valence-electron chi connectivity index (χ3n) is 5.70. The van der Waals surface area contributed by atoms with E-state index in [-0.39, 0.29) is 12.0 Å². The number of amides is 1. The van der Waals surface area contributed by atoms with Crippen LogP contribution in [0.15, 0.2) is 47.1 Å². The van der Waals surface area contributed by atoms with Crippen LogP contribution in [0.2, 0.25) is 0 Å². The van der Waals surface area contributed by atoms with Crippen LogP contribution in [-0.2, 0) is 17.8 Å². The number of hydrogen-bond donors (Lipinski definition) is 0. The second-order valence-corrected chi connectivity index (χ2v) is 7.57. The van der Waals surface area contributed by atoms with Crippen molar-refractivity contribution in [2.24, 2.45) is 5.92 Å². The van der Waals surface area contributed by atoms with Gasteiger partial charge in [-0.15, -0.1) is 0 Å². The molecule has 0 N–H and O–H groups in total. The van der Waals surface area contributed by atoms with Crippen LogP contribution in [0, 0.1) is 5.92 Å². The summed E-state index contributed by atoms with van der Waals surface area (Å²) in [6.07, 6.45) is 4.66. The highest BCUT2D eigenvalue weighted by Gasteiger charge is 2.37. The Kier molecular flexibility index (Phi) is 5.48. The lowest BCUT2D eigenvalue weighted by atomic mass is 9.93. The summed E-state index contributed by atoms with van der Waals surface area (Å²) in [6.45, 7) is 6.30. The van der Waals surface area contributed by atoms with Gasteiger partial charge in [0.2, 0.25) is 5.91 Å². The molecule has 2 fully saturated rings. The van der Waals surface area contributed by atoms with E-state index in [0.29, 0.717) is 19.0 Å². The molecule has 3 heterocycles. The number of benzene rings is 1. The fraction of sp³-hybridized carbons (Fsp3) is 0.500. The molecule has 2 aliphatic rings. The molecular weight excluding hydrogens is 340 g/mol. The van der Waals surface area contributed by atoms with Crippen LogP contribution >= 0.6 is 0 Å². The second kappa shape index (κ2) is 8.17. The lowest BCUT2D eigenvalue weighted by Crippen LogP contribution is -2.58. The van der Waals surface area contributed by atoms with Crippen molar-refractivity contribution >= 4 is 5.91 Å². The van der Waals surface area contributed by atoms with E-state index in [1.807, 2.05) is 35.2 Å². The van der Waals surface area contributed by atoms with Crippen LogP contribution in [0.3, 0.4) is 0 Å². The number of carbonyl (C=O) groups is 1. The highest BCUT2D eigenvalue weighted by Crippen LogP contribution is 2.26. The van der Waals surface area contributed by atoms with Gasteiger partial charge in [-0.1, -0.05) is 25.1 Å². The normalized spacial score (nSPS) is 19.1. The third-order valence-corrected chi connectivity index (χ3v) is 5.70. The standard InChI is InChI=1S/C22H28N2O3/c1-2-17-6-3-4-8-21(17)27-20-15-24(16-20)22(25)18-9-11-23(12-10-18)14-19-7-5-13-26-19/h3-8,13,18,20H,2,9-12,14-16H2,1H3. The number of likely N-dealkylation sites (tertiary alicyclic amines) is 2. The first kappa shape index (κ1) is 18.1. The molecular formula is C22H28N2O3. The van der Waals surface area contributed by atoms with Gasteiger partial charge in [0.1, 0.15) is 17.6 Å². The molecule has 2 aliphatic heterocycles. The molecule has 2 saturated heterocycles. The van der Waals surface area contributed by atoms with E-state index in [2.05, 4.69) is 17.9 Å². The Morgan fingerprint density at radius 2 is 1.93 bits per heavy atom. The molecule has 2 aromatic rings. The van der Waals surface area contributed by atoms with Crippen molar-refractivity contribution in [3.8, 4) is 5.75 Å². The molecule has 5 heteroatoms. The van der Waals surface area contributed by atoms with E-state index in [1.165, 1.54) is 5.56 Å². The van der Waals surface area contributed by atoms with Crippen LogP contribution < -0.4 is 4.74 Å². The molecule has 0 aliphatic carbocycles. The Labute approximate surface area is 160 Å². The first-order chi connectivity index (χ1) is 13.2. The van der Waals surface area contributed by atoms with Crippen LogP contribution in [0.25, 0.3) is 0 Å². The fourth-order valence-corrected chi connectivity index (χ4v) is 4.00. The molecule has 0 unspecified atom stereocenters. The Morgan fingerprint density at radius 1 is 1.15 bits per heavy atom. The van der Waals surface area contributed by atoms with Crippen LogP contribution in [0.4, 0.5) is 0 Å². The highest BCUT2D eigenvalue weighted by atomic mass is 16.5. The van der Waals surface area contributed by atoms with Crippen LogP contribution in [-0.4, -0.2) is 48.0 Å². The Hall–Kier alpha value is -2.27. The van der Waals surface area contributed by atoms with E-state index in [0.717, 1.165) is 50.4 Å². The average molecular weight is 368 g/mol. The van der Waals surface area contributed by atoms with Gasteiger partial charge >= 0.3 is 0 Å². The zero-order valence-corrected chi connectivity index (χ0v) is 16.0. The summed E-state index contributed by atoms with van der Waals surface area (Å²) >= 11 is 0. The first-order valence-electron chi connectivity index (χ1n) is 10.0. The first-order valence-corrected chi connectivity index (χ1v) is 10.0. The zero-order valence-electron chi connectivity index (χ0n) is 16.0. The highest BCUT2D eigenvalue weighted by molar-refractivity contribution is 5.79. The number of rotatable bonds is 6. The number of furan rings is 1. The third kappa shape index (κ3) is 4.19. The minimum Gasteiger partial charge on any atom is -0.486 e. The number of ether oxygens (including phenoxy) is 1. The summed E-state index contributed by atoms with van der Waals surface area (Å²) in [5, 5.41) is 0. The lowest BCUT2D eigenvalue weighted by molar-refractivity contribution is -0.146. The van der Waals surface area contributed by atoms with Gasteiger partial charge in [-0.2, -0.15) is 0 Å². The summed E-state index contributed by atoms with van der Waals surface area (Å²) in [7, 11) is 0. The van der Waals surface area contributed by atoms with Crippen molar-refractivity contribution in [3.63, 3.8) is 0 Å². The van der Waals surface area contributed by atoms with Crippen molar-refractivity contribution in [3.05, 3.63) is 54.0 Å². The molecule has 0 spiro atoms. The Balaban J connectivity index is 1.21. The quantitative estimate of drug-likeness (QED) is 0.784. The van der Waals surface area contributed by atoms with Crippen molar-refractivity contribution < 1.29 is 13.9 Å². The summed E-state index contributed by atoms with van der Waals surface area (Å²) in [6, 6.07) is 12.1. The summed E-state index contributed by atoms with van der Waals surface area (Å²) < 4.78 is 11.5. The number of carbonyl (C=O) groups excluding carboxylic acids is 1. The van der Waals surface area contributed by atoms with Gasteiger partial charge in [0, 0.05) is 5.92 Å². The van der Waals surface area contributed by atoms with Gasteiger partial charge in [0.25, 0.3) is 0 Å². The number of piperidine rings is 1. The molecule has 0 radical (unpaired) electrons. The molecule has 27 heavy (non-hydrogen) atoms. The summed E-state index contributed by atoms with van der Waals surface area (Å²) in [5.41, 5.74) is 1.23. The van der Waals surface area contributed by atoms with E-state index in [1.54, 1.807) is 6.26 Å². The van der Waals surface area contributed by atoms with Gasteiger partial charge in [-0.3, -0.25) is 9.69 Å². The van der Waals surface area contributed by atoms with E-state index in [4.69, 9.17) is 9.15 Å². The predicted molar refractivity (Wildman–Crippen MR) is 104 cm³/mol. The molecule has 0 atom stereocenters. The minimum absolute atomic E-state index is 0.126. The van der Waals surface area contributed by atoms with Crippen molar-refractivity contribution in [2.75, 3.05) is 26.2 Å². The molecule has 1 amide bonds. The monoisotopic (exact) mass is 368 g/mol. The molecule has 144 valence electrons. The number of nitrogens with zero attached hydrogens (tertiary/aromatic N) is 2. The van der Waals surface area contributed by atoms with Gasteiger partial charge in [-0.05, 0) is 56.1 Å². The number of aryl methyl sites for hydroxylation is 1. The SMILES string of the molecule is CCc1ccccc1OC1CN(C(=O)C2CCN(Cc3ccco3)CC2)C1. The summed E-state index contributed by atoms with van der Waals surface area (Å²) in [5.74, 6) is 2.41. The van der Waals surface area contributed by atoms with Crippen LogP contribution in [0.5, 0.6) is 5.75 Å². The topological polar surface area (TPSA) is 45.9 Å². The molecule has 0 bridgehead atoms. The van der Waals surface area contributed by atoms with Crippen molar-refractivity contribution in [1.29, 1.82) is 0 Å². The van der Waals surface area contributed by atoms with Gasteiger partial charge < -0.3 is 14.1 Å². The zero-order chi connectivity index (χ0) is 18.6. The molecule has 0 saturated carbocycles. The largest absolute Gasteiger partial charge is 0.486 e. The Bertz CT molecular complexity index is 745. The van der Waals surface area contributed by atoms with Gasteiger partial charge in [0.05, 0.1) is 25.9 Å². The van der Waals surface area contributed by atoms with E-state index >= 15 is 0 Å². The lowest BCUT2D eigenvalue weighted by Gasteiger charge is -2.42. The van der Waals surface area contributed by atoms with Gasteiger partial charge in [-0.25, -0.2) is 0 Å². The molecule has 1 aromatic heterocycles. The maximum atomic E-state index is 12.8. The smallest absolute Gasteiger partial charge is 0.226 e. The van der Waals surface area contributed by atoms with Crippen molar-refractivity contribution in [2.45, 2.75) is 38.8 Å². The molecule has 1 aromatic carbocycles. The average Bonchev–Trinajstić information content (AvgIpc) is 3.18.